The summed E-state index contributed by atoms with van der Waals surface area (Å²) in [6.45, 7) is 2.59. The Morgan fingerprint density at radius 1 is 1.35 bits per heavy atom. The van der Waals surface area contributed by atoms with E-state index >= 15 is 0 Å². The summed E-state index contributed by atoms with van der Waals surface area (Å²) in [7, 11) is 0. The van der Waals surface area contributed by atoms with Crippen LogP contribution in [0.5, 0.6) is 5.75 Å². The van der Waals surface area contributed by atoms with E-state index in [-0.39, 0.29) is 6.61 Å². The van der Waals surface area contributed by atoms with Crippen LogP contribution in [-0.2, 0) is 13.0 Å². The van der Waals surface area contributed by atoms with Gasteiger partial charge in [0.1, 0.15) is 17.4 Å². The van der Waals surface area contributed by atoms with Gasteiger partial charge in [-0.05, 0) is 25.0 Å². The highest BCUT2D eigenvalue weighted by Gasteiger charge is 2.04. The third-order valence-electron chi connectivity index (χ3n) is 2.37. The summed E-state index contributed by atoms with van der Waals surface area (Å²) < 4.78 is 5.73. The molecule has 0 aliphatic carbocycles. The summed E-state index contributed by atoms with van der Waals surface area (Å²) in [6.07, 6.45) is 0.618. The molecule has 0 atom stereocenters. The van der Waals surface area contributed by atoms with E-state index in [0.29, 0.717) is 13.0 Å². The molecule has 0 saturated carbocycles. The molecule has 0 amide bonds. The number of nitrogens with zero attached hydrogens (tertiary/aromatic N) is 1. The molecule has 0 saturated heterocycles. The van der Waals surface area contributed by atoms with Crippen molar-refractivity contribution >= 4 is 11.3 Å². The normalized spacial score (nSPS) is 10.5. The molecule has 4 heteroatoms. The van der Waals surface area contributed by atoms with Crippen molar-refractivity contribution in [2.24, 2.45) is 0 Å². The summed E-state index contributed by atoms with van der Waals surface area (Å²) in [5.74, 6) is 0.828. The smallest absolute Gasteiger partial charge is 0.140 e. The standard InChI is InChI=1S/C13H15NO2S/c1-10-9-17-13(14-10)8-16-12-5-3-2-4-11(12)6-7-15/h2-5,9,15H,6-8H2,1H3. The van der Waals surface area contributed by atoms with Gasteiger partial charge in [-0.2, -0.15) is 0 Å². The Morgan fingerprint density at radius 3 is 2.88 bits per heavy atom. The molecule has 1 aromatic carbocycles. The van der Waals surface area contributed by atoms with Gasteiger partial charge in [-0.25, -0.2) is 4.98 Å². The third kappa shape index (κ3) is 3.28. The largest absolute Gasteiger partial charge is 0.486 e. The number of rotatable bonds is 5. The monoisotopic (exact) mass is 249 g/mol. The van der Waals surface area contributed by atoms with Crippen LogP contribution in [0.1, 0.15) is 16.3 Å². The maximum Gasteiger partial charge on any atom is 0.140 e. The van der Waals surface area contributed by atoms with Crippen molar-refractivity contribution < 1.29 is 9.84 Å². The van der Waals surface area contributed by atoms with Crippen molar-refractivity contribution in [1.29, 1.82) is 0 Å². The van der Waals surface area contributed by atoms with Gasteiger partial charge < -0.3 is 9.84 Å². The molecule has 2 rings (SSSR count). The molecule has 17 heavy (non-hydrogen) atoms. The van der Waals surface area contributed by atoms with Crippen LogP contribution >= 0.6 is 11.3 Å². The van der Waals surface area contributed by atoms with E-state index in [4.69, 9.17) is 9.84 Å². The van der Waals surface area contributed by atoms with Crippen molar-refractivity contribution in [3.05, 3.63) is 45.9 Å². The number of thiazole rings is 1. The molecule has 1 aromatic heterocycles. The Hall–Kier alpha value is -1.39. The number of para-hydroxylation sites is 1. The first-order valence-corrected chi connectivity index (χ1v) is 6.40. The molecule has 0 radical (unpaired) electrons. The van der Waals surface area contributed by atoms with Crippen LogP contribution in [0.2, 0.25) is 0 Å². The fourth-order valence-electron chi connectivity index (χ4n) is 1.58. The number of aliphatic hydroxyl groups is 1. The van der Waals surface area contributed by atoms with Crippen LogP contribution in [-0.4, -0.2) is 16.7 Å². The van der Waals surface area contributed by atoms with Crippen LogP contribution in [0.15, 0.2) is 29.6 Å². The zero-order valence-corrected chi connectivity index (χ0v) is 10.5. The summed E-state index contributed by atoms with van der Waals surface area (Å²) in [5.41, 5.74) is 2.06. The predicted octanol–water partition coefficient (Wildman–Crippen LogP) is 2.57. The van der Waals surface area contributed by atoms with Crippen molar-refractivity contribution in [2.45, 2.75) is 20.0 Å². The zero-order valence-electron chi connectivity index (χ0n) is 9.72. The number of aromatic nitrogens is 1. The SMILES string of the molecule is Cc1csc(COc2ccccc2CCO)n1. The summed E-state index contributed by atoms with van der Waals surface area (Å²) in [4.78, 5) is 4.35. The average Bonchev–Trinajstić information content (AvgIpc) is 2.74. The Kier molecular flexibility index (Phi) is 4.12. The fraction of sp³-hybridized carbons (Fsp3) is 0.308. The number of aryl methyl sites for hydroxylation is 1. The highest BCUT2D eigenvalue weighted by Crippen LogP contribution is 2.20. The van der Waals surface area contributed by atoms with Gasteiger partial charge in [0.2, 0.25) is 0 Å². The molecule has 0 aliphatic heterocycles. The lowest BCUT2D eigenvalue weighted by molar-refractivity contribution is 0.283. The minimum Gasteiger partial charge on any atom is -0.486 e. The summed E-state index contributed by atoms with van der Waals surface area (Å²) >= 11 is 1.60. The molecule has 0 fully saturated rings. The first-order valence-electron chi connectivity index (χ1n) is 5.52. The van der Waals surface area contributed by atoms with Crippen molar-refractivity contribution in [1.82, 2.24) is 4.98 Å². The van der Waals surface area contributed by atoms with Crippen LogP contribution in [0, 0.1) is 6.92 Å². The summed E-state index contributed by atoms with van der Waals surface area (Å²) in [6, 6.07) is 7.78. The molecule has 90 valence electrons. The predicted molar refractivity (Wildman–Crippen MR) is 68.4 cm³/mol. The number of aliphatic hydroxyl groups excluding tert-OH is 1. The molecule has 0 bridgehead atoms. The van der Waals surface area contributed by atoms with E-state index < -0.39 is 0 Å². The van der Waals surface area contributed by atoms with Gasteiger partial charge >= 0.3 is 0 Å². The van der Waals surface area contributed by atoms with Gasteiger partial charge in [0.05, 0.1) is 0 Å². The maximum atomic E-state index is 8.97. The van der Waals surface area contributed by atoms with Gasteiger partial charge in [0, 0.05) is 17.7 Å². The van der Waals surface area contributed by atoms with Gasteiger partial charge in [-0.3, -0.25) is 0 Å². The topological polar surface area (TPSA) is 42.4 Å². The van der Waals surface area contributed by atoms with Gasteiger partial charge in [0.15, 0.2) is 0 Å². The average molecular weight is 249 g/mol. The summed E-state index contributed by atoms with van der Waals surface area (Å²) in [5, 5.41) is 12.0. The van der Waals surface area contributed by atoms with Crippen LogP contribution in [0.25, 0.3) is 0 Å². The lowest BCUT2D eigenvalue weighted by Gasteiger charge is -2.09. The number of benzene rings is 1. The van der Waals surface area contributed by atoms with Crippen molar-refractivity contribution in [3.63, 3.8) is 0 Å². The van der Waals surface area contributed by atoms with Crippen molar-refractivity contribution in [3.8, 4) is 5.75 Å². The van der Waals surface area contributed by atoms with E-state index in [2.05, 4.69) is 4.98 Å². The second-order valence-electron chi connectivity index (χ2n) is 3.75. The number of hydrogen-bond acceptors (Lipinski definition) is 4. The Morgan fingerprint density at radius 2 is 2.18 bits per heavy atom. The minimum atomic E-state index is 0.136. The van der Waals surface area contributed by atoms with Gasteiger partial charge in [-0.15, -0.1) is 11.3 Å². The first-order chi connectivity index (χ1) is 8.29. The lowest BCUT2D eigenvalue weighted by Crippen LogP contribution is -2.00. The molecule has 2 aromatic rings. The Labute approximate surface area is 105 Å². The maximum absolute atomic E-state index is 8.97. The van der Waals surface area contributed by atoms with E-state index in [1.807, 2.05) is 36.6 Å². The fourth-order valence-corrected chi connectivity index (χ4v) is 2.26. The first kappa shape index (κ1) is 12.1. The molecule has 3 nitrogen and oxygen atoms in total. The quantitative estimate of drug-likeness (QED) is 0.885. The van der Waals surface area contributed by atoms with E-state index in [0.717, 1.165) is 22.0 Å². The Bertz CT molecular complexity index is 482. The Balaban J connectivity index is 2.03. The second kappa shape index (κ2) is 5.80. The van der Waals surface area contributed by atoms with Crippen LogP contribution in [0.3, 0.4) is 0 Å². The minimum absolute atomic E-state index is 0.136. The lowest BCUT2D eigenvalue weighted by atomic mass is 10.1. The second-order valence-corrected chi connectivity index (χ2v) is 4.70. The zero-order chi connectivity index (χ0) is 12.1. The molecule has 0 aliphatic rings. The molecular weight excluding hydrogens is 234 g/mol. The number of ether oxygens (including phenoxy) is 1. The highest BCUT2D eigenvalue weighted by atomic mass is 32.1. The van der Waals surface area contributed by atoms with E-state index in [9.17, 15) is 0 Å². The van der Waals surface area contributed by atoms with E-state index in [1.165, 1.54) is 0 Å². The van der Waals surface area contributed by atoms with E-state index in [1.54, 1.807) is 11.3 Å². The van der Waals surface area contributed by atoms with Crippen LogP contribution < -0.4 is 4.74 Å². The highest BCUT2D eigenvalue weighted by molar-refractivity contribution is 7.09. The molecule has 0 unspecified atom stereocenters. The van der Waals surface area contributed by atoms with Gasteiger partial charge in [0.25, 0.3) is 0 Å². The van der Waals surface area contributed by atoms with Crippen molar-refractivity contribution in [2.75, 3.05) is 6.61 Å². The van der Waals surface area contributed by atoms with Gasteiger partial charge in [-0.1, -0.05) is 18.2 Å². The molecule has 1 N–H and O–H groups in total. The molecular formula is C13H15NO2S. The molecule has 0 spiro atoms. The third-order valence-corrected chi connectivity index (χ3v) is 3.31. The number of hydrogen-bond donors (Lipinski definition) is 1. The molecule has 1 heterocycles. The van der Waals surface area contributed by atoms with Crippen LogP contribution in [0.4, 0.5) is 0 Å².